The number of methoxy groups -OCH3 is 1. The summed E-state index contributed by atoms with van der Waals surface area (Å²) in [6.07, 6.45) is 0.589. The Hall–Kier alpha value is -1.99. The lowest BCUT2D eigenvalue weighted by Crippen LogP contribution is -2.11. The molecule has 0 aliphatic heterocycles. The Labute approximate surface area is 126 Å². The van der Waals surface area contributed by atoms with Gasteiger partial charge in [-0.3, -0.25) is 5.41 Å². The number of amidine groups is 1. The fourth-order valence-corrected chi connectivity index (χ4v) is 2.65. The van der Waals surface area contributed by atoms with E-state index < -0.39 is 0 Å². The molecule has 0 aliphatic rings. The summed E-state index contributed by atoms with van der Waals surface area (Å²) in [6.45, 7) is 0.743. The van der Waals surface area contributed by atoms with Gasteiger partial charge in [0.2, 0.25) is 0 Å². The molecule has 5 nitrogen and oxygen atoms in total. The Kier molecular flexibility index (Phi) is 5.24. The van der Waals surface area contributed by atoms with Gasteiger partial charge in [0, 0.05) is 13.5 Å². The van der Waals surface area contributed by atoms with Gasteiger partial charge in [-0.1, -0.05) is 0 Å². The predicted molar refractivity (Wildman–Crippen MR) is 79.4 cm³/mol. The van der Waals surface area contributed by atoms with Gasteiger partial charge in [-0.15, -0.1) is 11.3 Å². The molecule has 3 N–H and O–H groups in total. The van der Waals surface area contributed by atoms with Crippen LogP contribution in [0.5, 0.6) is 5.75 Å². The Bertz CT molecular complexity index is 613. The van der Waals surface area contributed by atoms with Crippen LogP contribution in [-0.2, 0) is 17.8 Å². The van der Waals surface area contributed by atoms with Crippen LogP contribution in [0.3, 0.4) is 0 Å². The molecule has 0 fully saturated rings. The number of nitrogens with one attached hydrogen (secondary N) is 1. The summed E-state index contributed by atoms with van der Waals surface area (Å²) in [5.41, 5.74) is 6.20. The number of halogens is 1. The summed E-state index contributed by atoms with van der Waals surface area (Å²) in [5.74, 6) is 0.305. The molecule has 21 heavy (non-hydrogen) atoms. The Morgan fingerprint density at radius 1 is 1.38 bits per heavy atom. The van der Waals surface area contributed by atoms with Crippen LogP contribution in [-0.4, -0.2) is 24.5 Å². The van der Waals surface area contributed by atoms with Crippen LogP contribution < -0.4 is 10.5 Å². The second-order valence-corrected chi connectivity index (χ2v) is 5.37. The van der Waals surface area contributed by atoms with E-state index >= 15 is 0 Å². The van der Waals surface area contributed by atoms with Crippen LogP contribution in [0.15, 0.2) is 24.3 Å². The van der Waals surface area contributed by atoms with Crippen LogP contribution >= 0.6 is 11.3 Å². The topological polar surface area (TPSA) is 81.2 Å². The standard InChI is InChI=1S/C14H16FN3O2S/c1-19-8-11-13(14(16)17)21-12(18-11)6-7-20-10-4-2-9(15)3-5-10/h2-5H,6-8H2,1H3,(H3,16,17). The average Bonchev–Trinajstić information content (AvgIpc) is 2.85. The highest BCUT2D eigenvalue weighted by Gasteiger charge is 2.13. The summed E-state index contributed by atoms with van der Waals surface area (Å²) in [7, 11) is 1.57. The maximum Gasteiger partial charge on any atom is 0.135 e. The highest BCUT2D eigenvalue weighted by Crippen LogP contribution is 2.20. The number of rotatable bonds is 7. The van der Waals surface area contributed by atoms with E-state index in [1.807, 2.05) is 0 Å². The first-order valence-electron chi connectivity index (χ1n) is 6.30. The maximum absolute atomic E-state index is 12.8. The lowest BCUT2D eigenvalue weighted by atomic mass is 10.3. The first-order chi connectivity index (χ1) is 10.1. The summed E-state index contributed by atoms with van der Waals surface area (Å²) in [4.78, 5) is 5.03. The number of hydrogen-bond acceptors (Lipinski definition) is 5. The number of ether oxygens (including phenoxy) is 2. The van der Waals surface area contributed by atoms with Crippen molar-refractivity contribution in [2.45, 2.75) is 13.0 Å². The van der Waals surface area contributed by atoms with Gasteiger partial charge in [0.15, 0.2) is 0 Å². The number of nitrogens with zero attached hydrogens (tertiary/aromatic N) is 1. The fourth-order valence-electron chi connectivity index (χ4n) is 1.74. The van der Waals surface area contributed by atoms with Gasteiger partial charge in [0.25, 0.3) is 0 Å². The van der Waals surface area contributed by atoms with E-state index in [1.165, 1.54) is 23.5 Å². The van der Waals surface area contributed by atoms with Crippen molar-refractivity contribution in [3.8, 4) is 5.75 Å². The quantitative estimate of drug-likeness (QED) is 0.607. The first kappa shape index (κ1) is 15.4. The zero-order valence-corrected chi connectivity index (χ0v) is 12.4. The SMILES string of the molecule is COCc1nc(CCOc2ccc(F)cc2)sc1C(=N)N. The summed E-state index contributed by atoms with van der Waals surface area (Å²) < 4.78 is 23.3. The lowest BCUT2D eigenvalue weighted by molar-refractivity contribution is 0.181. The molecular formula is C14H16FN3O2S. The van der Waals surface area contributed by atoms with Crippen molar-refractivity contribution in [3.05, 3.63) is 45.7 Å². The van der Waals surface area contributed by atoms with Crippen LogP contribution in [0.4, 0.5) is 4.39 Å². The monoisotopic (exact) mass is 309 g/mol. The molecule has 0 spiro atoms. The Morgan fingerprint density at radius 3 is 2.71 bits per heavy atom. The zero-order chi connectivity index (χ0) is 15.2. The van der Waals surface area contributed by atoms with E-state index in [1.54, 1.807) is 19.2 Å². The van der Waals surface area contributed by atoms with E-state index in [0.29, 0.717) is 36.0 Å². The summed E-state index contributed by atoms with van der Waals surface area (Å²) in [6, 6.07) is 5.86. The lowest BCUT2D eigenvalue weighted by Gasteiger charge is -2.04. The minimum absolute atomic E-state index is 0.00903. The zero-order valence-electron chi connectivity index (χ0n) is 11.6. The number of thiazole rings is 1. The second-order valence-electron chi connectivity index (χ2n) is 4.28. The molecule has 0 aliphatic carbocycles. The van der Waals surface area contributed by atoms with Gasteiger partial charge in [-0.2, -0.15) is 0 Å². The molecule has 1 heterocycles. The average molecular weight is 309 g/mol. The van der Waals surface area contributed by atoms with Gasteiger partial charge < -0.3 is 15.2 Å². The highest BCUT2D eigenvalue weighted by molar-refractivity contribution is 7.13. The molecule has 2 rings (SSSR count). The van der Waals surface area contributed by atoms with E-state index in [9.17, 15) is 4.39 Å². The first-order valence-corrected chi connectivity index (χ1v) is 7.12. The third kappa shape index (κ3) is 4.24. The third-order valence-electron chi connectivity index (χ3n) is 2.67. The Balaban J connectivity index is 1.95. The number of aromatic nitrogens is 1. The minimum Gasteiger partial charge on any atom is -0.493 e. The van der Waals surface area contributed by atoms with Gasteiger partial charge in [-0.05, 0) is 24.3 Å². The van der Waals surface area contributed by atoms with Gasteiger partial charge in [0.1, 0.15) is 17.4 Å². The van der Waals surface area contributed by atoms with Crippen molar-refractivity contribution in [3.63, 3.8) is 0 Å². The largest absolute Gasteiger partial charge is 0.493 e. The van der Waals surface area contributed by atoms with E-state index in [4.69, 9.17) is 20.6 Å². The molecule has 1 aromatic heterocycles. The third-order valence-corrected chi connectivity index (χ3v) is 3.86. The van der Waals surface area contributed by atoms with Crippen LogP contribution in [0.25, 0.3) is 0 Å². The maximum atomic E-state index is 12.8. The molecule has 0 saturated carbocycles. The molecule has 7 heteroatoms. The summed E-state index contributed by atoms with van der Waals surface area (Å²) >= 11 is 1.36. The van der Waals surface area contributed by atoms with Crippen molar-refractivity contribution in [2.75, 3.05) is 13.7 Å². The van der Waals surface area contributed by atoms with Crippen molar-refractivity contribution >= 4 is 17.2 Å². The van der Waals surface area contributed by atoms with Gasteiger partial charge in [0.05, 0.1) is 28.8 Å². The van der Waals surface area contributed by atoms with Crippen LogP contribution in [0, 0.1) is 11.2 Å². The van der Waals surface area contributed by atoms with Crippen molar-refractivity contribution in [2.24, 2.45) is 5.73 Å². The number of hydrogen-bond donors (Lipinski definition) is 2. The van der Waals surface area contributed by atoms with Gasteiger partial charge >= 0.3 is 0 Å². The number of nitrogens with two attached hydrogens (primary N) is 1. The van der Waals surface area contributed by atoms with Crippen molar-refractivity contribution < 1.29 is 13.9 Å². The predicted octanol–water partition coefficient (Wildman–Crippen LogP) is 2.33. The molecule has 0 radical (unpaired) electrons. The van der Waals surface area contributed by atoms with Crippen LogP contribution in [0.2, 0.25) is 0 Å². The molecule has 0 saturated heterocycles. The number of nitrogen functional groups attached to an aromatic ring is 1. The number of benzene rings is 1. The molecule has 1 aromatic carbocycles. The molecule has 0 atom stereocenters. The summed E-state index contributed by atoms with van der Waals surface area (Å²) in [5, 5.41) is 8.35. The minimum atomic E-state index is -0.294. The molecular weight excluding hydrogens is 293 g/mol. The smallest absolute Gasteiger partial charge is 0.135 e. The molecule has 2 aromatic rings. The van der Waals surface area contributed by atoms with Crippen molar-refractivity contribution in [1.82, 2.24) is 4.98 Å². The van der Waals surface area contributed by atoms with Gasteiger partial charge in [-0.25, -0.2) is 9.37 Å². The molecule has 0 bridgehead atoms. The highest BCUT2D eigenvalue weighted by atomic mass is 32.1. The fraction of sp³-hybridized carbons (Fsp3) is 0.286. The normalized spacial score (nSPS) is 10.6. The van der Waals surface area contributed by atoms with E-state index in [0.717, 1.165) is 5.01 Å². The molecule has 0 unspecified atom stereocenters. The van der Waals surface area contributed by atoms with E-state index in [-0.39, 0.29) is 11.7 Å². The second kappa shape index (κ2) is 7.14. The van der Waals surface area contributed by atoms with E-state index in [2.05, 4.69) is 4.98 Å². The van der Waals surface area contributed by atoms with Crippen LogP contribution in [0.1, 0.15) is 15.6 Å². The molecule has 0 amide bonds. The molecule has 112 valence electrons. The Morgan fingerprint density at radius 2 is 2.10 bits per heavy atom. The van der Waals surface area contributed by atoms with Crippen molar-refractivity contribution in [1.29, 1.82) is 5.41 Å².